The second kappa shape index (κ2) is 4.92. The fourth-order valence-corrected chi connectivity index (χ4v) is 2.49. The zero-order valence-corrected chi connectivity index (χ0v) is 12.1. The average Bonchev–Trinajstić information content (AvgIpc) is 2.82. The smallest absolute Gasteiger partial charge is 0.415 e. The summed E-state index contributed by atoms with van der Waals surface area (Å²) in [5.74, 6) is -1.84. The lowest BCUT2D eigenvalue weighted by molar-refractivity contribution is -0.151. The van der Waals surface area contributed by atoms with Crippen molar-refractivity contribution in [2.24, 2.45) is 5.92 Å². The van der Waals surface area contributed by atoms with Crippen molar-refractivity contribution in [3.8, 4) is 0 Å². The molecule has 0 aliphatic carbocycles. The van der Waals surface area contributed by atoms with Gasteiger partial charge in [-0.3, -0.25) is 14.5 Å². The molecule has 1 amide bonds. The number of hydrogen-bond donors (Lipinski definition) is 0. The first-order valence-electron chi connectivity index (χ1n) is 6.69. The molecule has 2 heterocycles. The van der Waals surface area contributed by atoms with Crippen LogP contribution < -0.4 is 0 Å². The van der Waals surface area contributed by atoms with Gasteiger partial charge in [-0.05, 0) is 34.1 Å². The first-order valence-corrected chi connectivity index (χ1v) is 6.69. The van der Waals surface area contributed by atoms with Gasteiger partial charge in [-0.25, -0.2) is 4.79 Å². The maximum Gasteiger partial charge on any atom is 0.415 e. The number of esters is 1. The van der Waals surface area contributed by atoms with Gasteiger partial charge < -0.3 is 9.47 Å². The van der Waals surface area contributed by atoms with E-state index >= 15 is 0 Å². The Labute approximate surface area is 117 Å². The van der Waals surface area contributed by atoms with E-state index < -0.39 is 29.6 Å². The third kappa shape index (κ3) is 2.42. The van der Waals surface area contributed by atoms with Gasteiger partial charge in [0.05, 0.1) is 18.3 Å². The maximum absolute atomic E-state index is 12.2. The number of hydrogen-bond acceptors (Lipinski definition) is 5. The van der Waals surface area contributed by atoms with Crippen LogP contribution in [0.3, 0.4) is 0 Å². The van der Waals surface area contributed by atoms with Crippen molar-refractivity contribution < 1.29 is 23.9 Å². The van der Waals surface area contributed by atoms with Gasteiger partial charge >= 0.3 is 12.1 Å². The van der Waals surface area contributed by atoms with Gasteiger partial charge in [0.25, 0.3) is 0 Å². The molecule has 2 bridgehead atoms. The Morgan fingerprint density at radius 1 is 1.40 bits per heavy atom. The second-order valence-corrected chi connectivity index (χ2v) is 5.84. The van der Waals surface area contributed by atoms with E-state index in [0.29, 0.717) is 6.42 Å². The highest BCUT2D eigenvalue weighted by Crippen LogP contribution is 2.39. The number of carbonyl (C=O) groups excluding carboxylic acids is 3. The van der Waals surface area contributed by atoms with Crippen LogP contribution in [0, 0.1) is 5.92 Å². The average molecular weight is 281 g/mol. The van der Waals surface area contributed by atoms with Crippen molar-refractivity contribution in [3.63, 3.8) is 0 Å². The summed E-state index contributed by atoms with van der Waals surface area (Å²) in [6.07, 6.45) is 1.56. The van der Waals surface area contributed by atoms with Gasteiger partial charge in [-0.15, -0.1) is 0 Å². The number of fused-ring (bicyclic) bond motifs is 2. The number of ketones is 1. The molecule has 0 aromatic rings. The molecule has 2 rings (SSSR count). The summed E-state index contributed by atoms with van der Waals surface area (Å²) in [5.41, 5.74) is -0.399. The number of allylic oxidation sites excluding steroid dienone is 1. The summed E-state index contributed by atoms with van der Waals surface area (Å²) < 4.78 is 10.2. The molecule has 0 aromatic carbocycles. The number of amides is 1. The topological polar surface area (TPSA) is 72.9 Å². The van der Waals surface area contributed by atoms with E-state index in [2.05, 4.69) is 0 Å². The summed E-state index contributed by atoms with van der Waals surface area (Å²) in [6.45, 7) is 7.15. The summed E-state index contributed by atoms with van der Waals surface area (Å²) in [4.78, 5) is 37.4. The van der Waals surface area contributed by atoms with Gasteiger partial charge in [0, 0.05) is 0 Å². The quantitative estimate of drug-likeness (QED) is 0.568. The highest BCUT2D eigenvalue weighted by molar-refractivity contribution is 6.13. The zero-order chi connectivity index (χ0) is 15.1. The Morgan fingerprint density at radius 3 is 2.60 bits per heavy atom. The van der Waals surface area contributed by atoms with Gasteiger partial charge in [0.15, 0.2) is 5.78 Å². The Balaban J connectivity index is 2.19. The fraction of sp³-hybridized carbons (Fsp3) is 0.643. The molecule has 2 aliphatic heterocycles. The monoisotopic (exact) mass is 281 g/mol. The lowest BCUT2D eigenvalue weighted by Gasteiger charge is -2.26. The highest BCUT2D eigenvalue weighted by atomic mass is 16.6. The van der Waals surface area contributed by atoms with Crippen LogP contribution in [0.1, 0.15) is 34.1 Å². The van der Waals surface area contributed by atoms with Crippen molar-refractivity contribution in [1.29, 1.82) is 0 Å². The molecule has 0 N–H and O–H groups in total. The molecule has 0 saturated carbocycles. The van der Waals surface area contributed by atoms with Crippen LogP contribution >= 0.6 is 0 Å². The molecule has 6 nitrogen and oxygen atoms in total. The molecule has 6 heteroatoms. The lowest BCUT2D eigenvalue weighted by Crippen LogP contribution is -2.40. The predicted molar refractivity (Wildman–Crippen MR) is 69.7 cm³/mol. The van der Waals surface area contributed by atoms with E-state index in [1.54, 1.807) is 33.8 Å². The van der Waals surface area contributed by atoms with Gasteiger partial charge in [-0.1, -0.05) is 6.08 Å². The van der Waals surface area contributed by atoms with E-state index in [-0.39, 0.29) is 18.1 Å². The van der Waals surface area contributed by atoms with E-state index in [0.717, 1.165) is 0 Å². The lowest BCUT2D eigenvalue weighted by atomic mass is 9.93. The van der Waals surface area contributed by atoms with Crippen LogP contribution in [-0.4, -0.2) is 41.0 Å². The Hall–Kier alpha value is -1.85. The van der Waals surface area contributed by atoms with Crippen molar-refractivity contribution in [1.82, 2.24) is 4.90 Å². The normalized spacial score (nSPS) is 24.7. The SMILES string of the molecule is CCOC(=O)C1C(=O)C2=CCC1N2C(=O)OC(C)(C)C. The van der Waals surface area contributed by atoms with E-state index in [1.165, 1.54) is 4.90 Å². The van der Waals surface area contributed by atoms with Crippen LogP contribution in [0.25, 0.3) is 0 Å². The van der Waals surface area contributed by atoms with Gasteiger partial charge in [0.2, 0.25) is 0 Å². The summed E-state index contributed by atoms with van der Waals surface area (Å²) >= 11 is 0. The first kappa shape index (κ1) is 14.6. The number of ether oxygens (including phenoxy) is 2. The van der Waals surface area contributed by atoms with E-state index in [4.69, 9.17) is 9.47 Å². The fourth-order valence-electron chi connectivity index (χ4n) is 2.49. The number of carbonyl (C=O) groups is 3. The van der Waals surface area contributed by atoms with Crippen LogP contribution in [0.4, 0.5) is 4.79 Å². The minimum absolute atomic E-state index is 0.209. The van der Waals surface area contributed by atoms with E-state index in [9.17, 15) is 14.4 Å². The molecule has 110 valence electrons. The largest absolute Gasteiger partial charge is 0.465 e. The third-order valence-corrected chi connectivity index (χ3v) is 3.19. The van der Waals surface area contributed by atoms with Crippen molar-refractivity contribution in [2.45, 2.75) is 45.8 Å². The molecule has 2 unspecified atom stereocenters. The first-order chi connectivity index (χ1) is 9.26. The minimum Gasteiger partial charge on any atom is -0.465 e. The Kier molecular flexibility index (Phi) is 3.58. The molecular formula is C14H19NO5. The number of nitrogens with zero attached hydrogens (tertiary/aromatic N) is 1. The van der Waals surface area contributed by atoms with Gasteiger partial charge in [0.1, 0.15) is 11.5 Å². The van der Waals surface area contributed by atoms with Crippen molar-refractivity contribution >= 4 is 17.8 Å². The zero-order valence-electron chi connectivity index (χ0n) is 12.1. The van der Waals surface area contributed by atoms with Gasteiger partial charge in [-0.2, -0.15) is 0 Å². The molecule has 20 heavy (non-hydrogen) atoms. The number of rotatable bonds is 2. The summed E-state index contributed by atoms with van der Waals surface area (Å²) in [5, 5.41) is 0. The van der Waals surface area contributed by atoms with Crippen LogP contribution in [0.15, 0.2) is 11.8 Å². The van der Waals surface area contributed by atoms with Crippen molar-refractivity contribution in [3.05, 3.63) is 11.8 Å². The second-order valence-electron chi connectivity index (χ2n) is 5.84. The molecule has 2 aliphatic rings. The van der Waals surface area contributed by atoms with Crippen LogP contribution in [0.5, 0.6) is 0 Å². The molecule has 0 spiro atoms. The van der Waals surface area contributed by atoms with Crippen LogP contribution in [0.2, 0.25) is 0 Å². The molecule has 0 radical (unpaired) electrons. The molecule has 0 aromatic heterocycles. The predicted octanol–water partition coefficient (Wildman–Crippen LogP) is 1.64. The summed E-state index contributed by atoms with van der Waals surface area (Å²) in [6, 6.07) is -0.508. The minimum atomic E-state index is -0.914. The highest BCUT2D eigenvalue weighted by Gasteiger charge is 2.55. The Morgan fingerprint density at radius 2 is 2.05 bits per heavy atom. The molecular weight excluding hydrogens is 262 g/mol. The van der Waals surface area contributed by atoms with E-state index in [1.807, 2.05) is 0 Å². The van der Waals surface area contributed by atoms with Crippen molar-refractivity contribution in [2.75, 3.05) is 6.61 Å². The standard InChI is InChI=1S/C14H19NO5/c1-5-19-12(17)10-8-6-7-9(11(10)16)15(8)13(18)20-14(2,3)4/h7-8,10H,5-6H2,1-4H3. The van der Waals surface area contributed by atoms with Crippen LogP contribution in [-0.2, 0) is 19.1 Å². The summed E-state index contributed by atoms with van der Waals surface area (Å²) in [7, 11) is 0. The number of Topliss-reactive ketones (excluding diaryl/α,β-unsaturated/α-hetero) is 1. The maximum atomic E-state index is 12.2. The Bertz CT molecular complexity index is 488. The third-order valence-electron chi connectivity index (χ3n) is 3.19. The molecule has 1 saturated heterocycles. The molecule has 2 atom stereocenters. The molecule has 1 fully saturated rings.